The average Bonchev–Trinajstić information content (AvgIpc) is 3.35. The number of hydrogen-bond acceptors (Lipinski definition) is 7. The van der Waals surface area contributed by atoms with Crippen LogP contribution in [0.25, 0.3) is 10.6 Å². The summed E-state index contributed by atoms with van der Waals surface area (Å²) < 4.78 is 2.01. The Bertz CT molecular complexity index is 1020. The minimum Gasteiger partial charge on any atom is -0.356 e. The van der Waals surface area contributed by atoms with Gasteiger partial charge < -0.3 is 5.32 Å². The fraction of sp³-hybridized carbons (Fsp3) is 0.105. The number of hydrogen-bond donors (Lipinski definition) is 1. The highest BCUT2D eigenvalue weighted by Gasteiger charge is 2.09. The van der Waals surface area contributed by atoms with Gasteiger partial charge in [-0.2, -0.15) is 0 Å². The summed E-state index contributed by atoms with van der Waals surface area (Å²) in [5.74, 6) is 0.790. The summed E-state index contributed by atoms with van der Waals surface area (Å²) >= 11 is 8.42. The van der Waals surface area contributed by atoms with E-state index in [1.165, 1.54) is 5.56 Å². The number of benzene rings is 2. The minimum absolute atomic E-state index is 0.752. The van der Waals surface area contributed by atoms with Gasteiger partial charge in [-0.15, -0.1) is 21.5 Å². The van der Waals surface area contributed by atoms with E-state index in [2.05, 4.69) is 61.1 Å². The predicted molar refractivity (Wildman–Crippen MR) is 118 cm³/mol. The molecule has 0 saturated carbocycles. The number of thioether (sulfide) groups is 1. The average molecular weight is 475 g/mol. The molecule has 0 aliphatic carbocycles. The van der Waals surface area contributed by atoms with Crippen molar-refractivity contribution in [2.45, 2.75) is 16.6 Å². The Morgan fingerprint density at radius 1 is 1.04 bits per heavy atom. The van der Waals surface area contributed by atoms with Crippen molar-refractivity contribution in [3.63, 3.8) is 0 Å². The van der Waals surface area contributed by atoms with Gasteiger partial charge >= 0.3 is 0 Å². The molecule has 0 saturated heterocycles. The molecule has 2 heterocycles. The third-order valence-electron chi connectivity index (χ3n) is 3.66. The van der Waals surface area contributed by atoms with Gasteiger partial charge in [0.15, 0.2) is 4.34 Å². The molecule has 27 heavy (non-hydrogen) atoms. The van der Waals surface area contributed by atoms with E-state index in [0.717, 1.165) is 42.5 Å². The van der Waals surface area contributed by atoms with E-state index in [1.807, 2.05) is 30.3 Å². The molecule has 4 nitrogen and oxygen atoms in total. The number of anilines is 1. The molecule has 0 unspecified atom stereocenters. The molecule has 4 aromatic rings. The maximum atomic E-state index is 4.74. The smallest absolute Gasteiger partial charge is 0.206 e. The van der Waals surface area contributed by atoms with Crippen molar-refractivity contribution < 1.29 is 0 Å². The second-order valence-corrected chi connectivity index (χ2v) is 9.63. The SMILES string of the molecule is Brc1cccc(-c2nc(CSc3nnc(NCc4ccccc4)s3)cs2)c1. The molecule has 0 aliphatic heterocycles. The number of thiazole rings is 1. The number of aromatic nitrogens is 3. The Kier molecular flexibility index (Phi) is 6.18. The zero-order chi connectivity index (χ0) is 18.5. The maximum absolute atomic E-state index is 4.74. The highest BCUT2D eigenvalue weighted by atomic mass is 79.9. The molecular weight excluding hydrogens is 460 g/mol. The fourth-order valence-electron chi connectivity index (χ4n) is 2.38. The normalized spacial score (nSPS) is 10.9. The van der Waals surface area contributed by atoms with Crippen molar-refractivity contribution in [3.05, 3.63) is 75.7 Å². The van der Waals surface area contributed by atoms with Crippen molar-refractivity contribution in [2.75, 3.05) is 5.32 Å². The number of rotatable bonds is 7. The molecule has 1 N–H and O–H groups in total. The summed E-state index contributed by atoms with van der Waals surface area (Å²) in [4.78, 5) is 4.74. The van der Waals surface area contributed by atoms with E-state index in [0.29, 0.717) is 0 Å². The van der Waals surface area contributed by atoms with Crippen molar-refractivity contribution in [1.82, 2.24) is 15.2 Å². The highest BCUT2D eigenvalue weighted by Crippen LogP contribution is 2.31. The van der Waals surface area contributed by atoms with Crippen LogP contribution in [0.15, 0.2) is 68.8 Å². The lowest BCUT2D eigenvalue weighted by molar-refractivity contribution is 0.994. The monoisotopic (exact) mass is 474 g/mol. The van der Waals surface area contributed by atoms with E-state index >= 15 is 0 Å². The topological polar surface area (TPSA) is 50.7 Å². The summed E-state index contributed by atoms with van der Waals surface area (Å²) in [5.41, 5.74) is 3.42. The summed E-state index contributed by atoms with van der Waals surface area (Å²) in [6, 6.07) is 18.5. The van der Waals surface area contributed by atoms with Gasteiger partial charge in [0, 0.05) is 27.7 Å². The van der Waals surface area contributed by atoms with Crippen LogP contribution in [0.1, 0.15) is 11.3 Å². The molecule has 0 amide bonds. The van der Waals surface area contributed by atoms with Gasteiger partial charge in [-0.05, 0) is 17.7 Å². The molecular formula is C19H15BrN4S3. The first-order chi connectivity index (χ1) is 13.3. The van der Waals surface area contributed by atoms with Crippen LogP contribution in [0.5, 0.6) is 0 Å². The van der Waals surface area contributed by atoms with Gasteiger partial charge in [0.25, 0.3) is 0 Å². The van der Waals surface area contributed by atoms with Crippen LogP contribution >= 0.6 is 50.4 Å². The third-order valence-corrected chi connectivity index (χ3v) is 7.14. The van der Waals surface area contributed by atoms with Gasteiger partial charge in [0.05, 0.1) is 5.69 Å². The van der Waals surface area contributed by atoms with Gasteiger partial charge in [-0.3, -0.25) is 0 Å². The molecule has 0 atom stereocenters. The number of halogens is 1. The van der Waals surface area contributed by atoms with Gasteiger partial charge in [-0.1, -0.05) is 81.5 Å². The lowest BCUT2D eigenvalue weighted by atomic mass is 10.2. The van der Waals surface area contributed by atoms with Crippen LogP contribution in [0.4, 0.5) is 5.13 Å². The third kappa shape index (κ3) is 5.16. The van der Waals surface area contributed by atoms with Crippen LogP contribution in [-0.2, 0) is 12.3 Å². The van der Waals surface area contributed by atoms with Crippen LogP contribution in [0.2, 0.25) is 0 Å². The van der Waals surface area contributed by atoms with E-state index < -0.39 is 0 Å². The molecule has 0 bridgehead atoms. The summed E-state index contributed by atoms with van der Waals surface area (Å²) in [7, 11) is 0. The Labute approximate surface area is 178 Å². The standard InChI is InChI=1S/C19H15BrN4S3/c20-15-8-4-7-14(9-15)17-22-16(11-25-17)12-26-19-24-23-18(27-19)21-10-13-5-2-1-3-6-13/h1-9,11H,10,12H2,(H,21,23). The molecule has 0 radical (unpaired) electrons. The predicted octanol–water partition coefficient (Wildman–Crippen LogP) is 6.33. The van der Waals surface area contributed by atoms with Crippen molar-refractivity contribution in [1.29, 1.82) is 0 Å². The molecule has 0 fully saturated rings. The number of nitrogens with zero attached hydrogens (tertiary/aromatic N) is 3. The van der Waals surface area contributed by atoms with E-state index in [1.54, 1.807) is 34.4 Å². The van der Waals surface area contributed by atoms with Gasteiger partial charge in [-0.25, -0.2) is 4.98 Å². The Balaban J connectivity index is 1.32. The quantitative estimate of drug-likeness (QED) is 0.317. The van der Waals surface area contributed by atoms with E-state index in [9.17, 15) is 0 Å². The molecule has 136 valence electrons. The maximum Gasteiger partial charge on any atom is 0.206 e. The van der Waals surface area contributed by atoms with Crippen molar-refractivity contribution >= 4 is 55.5 Å². The van der Waals surface area contributed by atoms with Crippen LogP contribution < -0.4 is 5.32 Å². The van der Waals surface area contributed by atoms with E-state index in [-0.39, 0.29) is 0 Å². The Morgan fingerprint density at radius 3 is 2.78 bits per heavy atom. The molecule has 2 aromatic carbocycles. The second kappa shape index (κ2) is 8.97. The summed E-state index contributed by atoms with van der Waals surface area (Å²) in [6.07, 6.45) is 0. The Morgan fingerprint density at radius 2 is 1.93 bits per heavy atom. The first-order valence-electron chi connectivity index (χ1n) is 8.21. The molecule has 0 aliphatic rings. The summed E-state index contributed by atoms with van der Waals surface area (Å²) in [5, 5.41) is 15.8. The van der Waals surface area contributed by atoms with Crippen molar-refractivity contribution in [2.24, 2.45) is 0 Å². The van der Waals surface area contributed by atoms with Gasteiger partial charge in [0.1, 0.15) is 5.01 Å². The number of nitrogens with one attached hydrogen (secondary N) is 1. The molecule has 0 spiro atoms. The zero-order valence-corrected chi connectivity index (χ0v) is 18.2. The first kappa shape index (κ1) is 18.6. The largest absolute Gasteiger partial charge is 0.356 e. The molecule has 4 rings (SSSR count). The second-order valence-electron chi connectivity index (χ2n) is 5.66. The minimum atomic E-state index is 0.752. The van der Waals surface area contributed by atoms with Crippen LogP contribution in [0.3, 0.4) is 0 Å². The highest BCUT2D eigenvalue weighted by molar-refractivity contribution is 9.10. The fourth-order valence-corrected chi connectivity index (χ4v) is 5.34. The zero-order valence-electron chi connectivity index (χ0n) is 14.1. The van der Waals surface area contributed by atoms with Crippen molar-refractivity contribution in [3.8, 4) is 10.6 Å². The van der Waals surface area contributed by atoms with E-state index in [4.69, 9.17) is 4.98 Å². The van der Waals surface area contributed by atoms with Crippen LogP contribution in [0, 0.1) is 0 Å². The molecule has 2 aromatic heterocycles. The van der Waals surface area contributed by atoms with Gasteiger partial charge in [0.2, 0.25) is 5.13 Å². The lowest BCUT2D eigenvalue weighted by Gasteiger charge is -2.00. The van der Waals surface area contributed by atoms with Crippen LogP contribution in [-0.4, -0.2) is 15.2 Å². The Hall–Kier alpha value is -1.74. The molecule has 8 heteroatoms. The summed E-state index contributed by atoms with van der Waals surface area (Å²) in [6.45, 7) is 0.752. The lowest BCUT2D eigenvalue weighted by Crippen LogP contribution is -1.98. The first-order valence-corrected chi connectivity index (χ1v) is 11.7.